The number of methoxy groups -OCH3 is 1. The minimum atomic E-state index is -0.393. The summed E-state index contributed by atoms with van der Waals surface area (Å²) in [6.45, 7) is 8.50. The number of ether oxygens (including phenoxy) is 1. The maximum absolute atomic E-state index is 13.1. The van der Waals surface area contributed by atoms with Crippen LogP contribution in [0.1, 0.15) is 75.5 Å². The highest BCUT2D eigenvalue weighted by molar-refractivity contribution is 6.18. The maximum Gasteiger partial charge on any atom is 0.312 e. The van der Waals surface area contributed by atoms with Crippen molar-refractivity contribution in [1.82, 2.24) is 5.32 Å². The lowest BCUT2D eigenvalue weighted by atomic mass is 9.48. The van der Waals surface area contributed by atoms with Gasteiger partial charge in [-0.2, -0.15) is 0 Å². The Morgan fingerprint density at radius 1 is 1.32 bits per heavy atom. The number of halogens is 1. The molecule has 0 radical (unpaired) electrons. The lowest BCUT2D eigenvalue weighted by Gasteiger charge is -2.55. The largest absolute Gasteiger partial charge is 0.469 e. The second kappa shape index (κ2) is 8.75. The molecule has 156 valence electrons. The number of esters is 1. The first-order valence-corrected chi connectivity index (χ1v) is 11.4. The molecule has 28 heavy (non-hydrogen) atoms. The molecule has 1 fully saturated rings. The van der Waals surface area contributed by atoms with E-state index >= 15 is 0 Å². The molecular weight excluding hydrogens is 370 g/mol. The standard InChI is InChI=1S/C24H36ClNO2/c1-17(2)18-6-8-20-19(16-18)7-9-21-23(20,3)10-5-11-24(21,22(27)28-4)12-14-26-15-13-25/h6,8,16-17,21,26H,5,7,9-15H2,1-4H3/t21-,23-,24+/m0/s1. The van der Waals surface area contributed by atoms with Gasteiger partial charge in [-0.05, 0) is 72.6 Å². The molecule has 0 bridgehead atoms. The monoisotopic (exact) mass is 405 g/mol. The fraction of sp³-hybridized carbons (Fsp3) is 0.708. The van der Waals surface area contributed by atoms with Crippen molar-refractivity contribution in [2.75, 3.05) is 26.1 Å². The van der Waals surface area contributed by atoms with Gasteiger partial charge in [0.15, 0.2) is 0 Å². The molecule has 1 aromatic carbocycles. The fourth-order valence-corrected chi connectivity index (χ4v) is 6.17. The Morgan fingerprint density at radius 3 is 2.79 bits per heavy atom. The van der Waals surface area contributed by atoms with E-state index in [1.165, 1.54) is 16.7 Å². The molecule has 0 aromatic heterocycles. The van der Waals surface area contributed by atoms with Crippen molar-refractivity contribution >= 4 is 17.6 Å². The van der Waals surface area contributed by atoms with Gasteiger partial charge >= 0.3 is 5.97 Å². The number of aryl methyl sites for hydroxylation is 1. The van der Waals surface area contributed by atoms with Crippen molar-refractivity contribution in [3.63, 3.8) is 0 Å². The first-order valence-electron chi connectivity index (χ1n) is 10.9. The van der Waals surface area contributed by atoms with Crippen molar-refractivity contribution in [3.8, 4) is 0 Å². The van der Waals surface area contributed by atoms with Gasteiger partial charge in [0.2, 0.25) is 0 Å². The summed E-state index contributed by atoms with van der Waals surface area (Å²) in [6, 6.07) is 7.07. The number of fused-ring (bicyclic) bond motifs is 3. The van der Waals surface area contributed by atoms with Crippen LogP contribution in [-0.4, -0.2) is 32.0 Å². The Hall–Kier alpha value is -1.06. The second-order valence-corrected chi connectivity index (χ2v) is 9.65. The summed E-state index contributed by atoms with van der Waals surface area (Å²) in [6.07, 6.45) is 6.11. The van der Waals surface area contributed by atoms with Gasteiger partial charge in [-0.1, -0.05) is 45.4 Å². The lowest BCUT2D eigenvalue weighted by Crippen LogP contribution is -2.55. The van der Waals surface area contributed by atoms with Gasteiger partial charge in [-0.3, -0.25) is 4.79 Å². The highest BCUT2D eigenvalue weighted by atomic mass is 35.5. The molecule has 0 unspecified atom stereocenters. The molecule has 3 nitrogen and oxygen atoms in total. The zero-order valence-electron chi connectivity index (χ0n) is 17.9. The van der Waals surface area contributed by atoms with Crippen LogP contribution in [0.3, 0.4) is 0 Å². The van der Waals surface area contributed by atoms with E-state index in [2.05, 4.69) is 44.3 Å². The smallest absolute Gasteiger partial charge is 0.312 e. The van der Waals surface area contributed by atoms with Gasteiger partial charge in [0.05, 0.1) is 12.5 Å². The van der Waals surface area contributed by atoms with Crippen LogP contribution >= 0.6 is 11.6 Å². The van der Waals surface area contributed by atoms with Crippen LogP contribution in [0.4, 0.5) is 0 Å². The van der Waals surface area contributed by atoms with Crippen LogP contribution in [0.5, 0.6) is 0 Å². The van der Waals surface area contributed by atoms with Gasteiger partial charge in [0.25, 0.3) is 0 Å². The zero-order chi connectivity index (χ0) is 20.4. The molecule has 4 heteroatoms. The zero-order valence-corrected chi connectivity index (χ0v) is 18.7. The predicted octanol–water partition coefficient (Wildman–Crippen LogP) is 5.19. The Kier molecular flexibility index (Phi) is 6.76. The van der Waals surface area contributed by atoms with Gasteiger partial charge in [0, 0.05) is 12.4 Å². The molecule has 1 N–H and O–H groups in total. The summed E-state index contributed by atoms with van der Waals surface area (Å²) in [5, 5.41) is 3.39. The van der Waals surface area contributed by atoms with Crippen LogP contribution in [0.2, 0.25) is 0 Å². The SMILES string of the molecule is COC(=O)[C@@]1(CCNCCCl)CCC[C@@]2(C)c3ccc(C(C)C)cc3CC[C@H]12. The van der Waals surface area contributed by atoms with Crippen molar-refractivity contribution in [3.05, 3.63) is 34.9 Å². The van der Waals surface area contributed by atoms with Crippen molar-refractivity contribution in [2.45, 2.75) is 70.6 Å². The molecule has 0 spiro atoms. The van der Waals surface area contributed by atoms with Gasteiger partial charge in [0.1, 0.15) is 0 Å². The number of alkyl halides is 1. The van der Waals surface area contributed by atoms with Crippen molar-refractivity contribution < 1.29 is 9.53 Å². The summed E-state index contributed by atoms with van der Waals surface area (Å²) in [4.78, 5) is 13.1. The number of carbonyl (C=O) groups excluding carboxylic acids is 1. The summed E-state index contributed by atoms with van der Waals surface area (Å²) in [5.74, 6) is 1.46. The molecule has 3 rings (SSSR count). The highest BCUT2D eigenvalue weighted by Crippen LogP contribution is 2.59. The Labute approximate surface area is 175 Å². The average Bonchev–Trinajstić information content (AvgIpc) is 2.69. The number of rotatable bonds is 7. The number of benzene rings is 1. The molecule has 0 saturated heterocycles. The first kappa shape index (κ1) is 21.6. The van der Waals surface area contributed by atoms with Crippen LogP contribution in [0.15, 0.2) is 18.2 Å². The topological polar surface area (TPSA) is 38.3 Å². The van der Waals surface area contributed by atoms with Crippen LogP contribution in [0, 0.1) is 11.3 Å². The number of nitrogens with one attached hydrogen (secondary N) is 1. The lowest BCUT2D eigenvalue weighted by molar-refractivity contribution is -0.164. The number of hydrogen-bond acceptors (Lipinski definition) is 3. The third-order valence-electron chi connectivity index (χ3n) is 7.48. The van der Waals surface area contributed by atoms with Crippen molar-refractivity contribution in [1.29, 1.82) is 0 Å². The van der Waals surface area contributed by atoms with Crippen LogP contribution in [-0.2, 0) is 21.4 Å². The van der Waals surface area contributed by atoms with Gasteiger partial charge < -0.3 is 10.1 Å². The normalized spacial score (nSPS) is 29.3. The molecule has 3 atom stereocenters. The Morgan fingerprint density at radius 2 is 2.11 bits per heavy atom. The number of hydrogen-bond donors (Lipinski definition) is 1. The van der Waals surface area contributed by atoms with E-state index in [4.69, 9.17) is 16.3 Å². The fourth-order valence-electron chi connectivity index (χ4n) is 6.04. The first-order chi connectivity index (χ1) is 13.4. The molecule has 2 aliphatic rings. The van der Waals surface area contributed by atoms with E-state index in [9.17, 15) is 4.79 Å². The van der Waals surface area contributed by atoms with E-state index in [0.717, 1.165) is 51.6 Å². The molecule has 0 aliphatic heterocycles. The minimum Gasteiger partial charge on any atom is -0.469 e. The van der Waals surface area contributed by atoms with E-state index in [1.807, 2.05) is 0 Å². The second-order valence-electron chi connectivity index (χ2n) is 9.27. The molecule has 1 saturated carbocycles. The van der Waals surface area contributed by atoms with Crippen LogP contribution < -0.4 is 5.32 Å². The van der Waals surface area contributed by atoms with Crippen LogP contribution in [0.25, 0.3) is 0 Å². The molecular formula is C24H36ClNO2. The molecule has 2 aliphatic carbocycles. The molecule has 1 aromatic rings. The van der Waals surface area contributed by atoms with Gasteiger partial charge in [-0.15, -0.1) is 11.6 Å². The van der Waals surface area contributed by atoms with Gasteiger partial charge in [-0.25, -0.2) is 0 Å². The van der Waals surface area contributed by atoms with E-state index in [0.29, 0.717) is 17.7 Å². The third-order valence-corrected chi connectivity index (χ3v) is 7.67. The molecule has 0 heterocycles. The maximum atomic E-state index is 13.1. The Balaban J connectivity index is 1.97. The van der Waals surface area contributed by atoms with E-state index in [-0.39, 0.29) is 11.4 Å². The molecule has 0 amide bonds. The third kappa shape index (κ3) is 3.73. The minimum absolute atomic E-state index is 0.0154. The number of carbonyl (C=O) groups is 1. The quantitative estimate of drug-likeness (QED) is 0.385. The van der Waals surface area contributed by atoms with E-state index < -0.39 is 5.41 Å². The Bertz CT molecular complexity index is 704. The summed E-state index contributed by atoms with van der Waals surface area (Å²) in [7, 11) is 1.55. The summed E-state index contributed by atoms with van der Waals surface area (Å²) < 4.78 is 5.39. The average molecular weight is 406 g/mol. The predicted molar refractivity (Wildman–Crippen MR) is 116 cm³/mol. The van der Waals surface area contributed by atoms with E-state index in [1.54, 1.807) is 7.11 Å². The van der Waals surface area contributed by atoms with Crippen molar-refractivity contribution in [2.24, 2.45) is 11.3 Å². The summed E-state index contributed by atoms with van der Waals surface area (Å²) in [5.41, 5.74) is 4.03. The highest BCUT2D eigenvalue weighted by Gasteiger charge is 2.57. The summed E-state index contributed by atoms with van der Waals surface area (Å²) >= 11 is 5.82.